The van der Waals surface area contributed by atoms with E-state index >= 15 is 0 Å². The molecule has 2 aliphatic rings. The lowest BCUT2D eigenvalue weighted by Crippen LogP contribution is -2.29. The summed E-state index contributed by atoms with van der Waals surface area (Å²) in [6, 6.07) is 6.03. The van der Waals surface area contributed by atoms with Crippen molar-refractivity contribution < 1.29 is 9.53 Å². The molecule has 0 bridgehead atoms. The maximum atomic E-state index is 12.1. The van der Waals surface area contributed by atoms with E-state index in [2.05, 4.69) is 32.0 Å². The number of pyridine rings is 1. The second-order valence-electron chi connectivity index (χ2n) is 6.96. The first-order chi connectivity index (χ1) is 12.3. The number of carbonyl (C=O) groups excluding carboxylic acids is 1. The predicted octanol–water partition coefficient (Wildman–Crippen LogP) is 2.44. The van der Waals surface area contributed by atoms with Crippen LogP contribution in [0.25, 0.3) is 0 Å². The summed E-state index contributed by atoms with van der Waals surface area (Å²) in [6.07, 6.45) is 5.31. The highest BCUT2D eigenvalue weighted by Crippen LogP contribution is 2.34. The van der Waals surface area contributed by atoms with Gasteiger partial charge in [0.25, 0.3) is 0 Å². The number of rotatable bonds is 6. The van der Waals surface area contributed by atoms with Gasteiger partial charge in [-0.1, -0.05) is 6.07 Å². The minimum atomic E-state index is 0.0592. The zero-order valence-electron chi connectivity index (χ0n) is 14.1. The molecule has 4 rings (SSSR count). The Morgan fingerprint density at radius 2 is 2.32 bits per heavy atom. The molecule has 0 radical (unpaired) electrons. The fraction of sp³-hybridized carbons (Fsp3) is 0.474. The topological polar surface area (TPSA) is 54.5 Å². The molecule has 0 saturated carbocycles. The highest BCUT2D eigenvalue weighted by Gasteiger charge is 2.42. The number of carbonyl (C=O) groups is 1. The number of aromatic nitrogens is 1. The van der Waals surface area contributed by atoms with Gasteiger partial charge in [0.05, 0.1) is 18.6 Å². The molecule has 6 heteroatoms. The zero-order valence-corrected chi connectivity index (χ0v) is 15.0. The second kappa shape index (κ2) is 7.64. The van der Waals surface area contributed by atoms with Gasteiger partial charge < -0.3 is 10.1 Å². The van der Waals surface area contributed by atoms with Gasteiger partial charge in [-0.2, -0.15) is 11.3 Å². The van der Waals surface area contributed by atoms with Gasteiger partial charge in [-0.3, -0.25) is 14.7 Å². The number of likely N-dealkylation sites (tertiary alicyclic amines) is 1. The van der Waals surface area contributed by atoms with Crippen molar-refractivity contribution in [2.24, 2.45) is 5.92 Å². The second-order valence-corrected chi connectivity index (χ2v) is 7.74. The van der Waals surface area contributed by atoms with Gasteiger partial charge in [-0.05, 0) is 40.4 Å². The van der Waals surface area contributed by atoms with Crippen LogP contribution >= 0.6 is 11.3 Å². The highest BCUT2D eigenvalue weighted by molar-refractivity contribution is 7.07. The molecule has 2 aliphatic heterocycles. The number of hydrogen-bond donors (Lipinski definition) is 1. The number of nitrogens with zero attached hydrogens (tertiary/aromatic N) is 2. The summed E-state index contributed by atoms with van der Waals surface area (Å²) in [5, 5.41) is 7.30. The summed E-state index contributed by atoms with van der Waals surface area (Å²) < 4.78 is 6.15. The molecule has 2 aromatic rings. The van der Waals surface area contributed by atoms with E-state index in [1.807, 2.05) is 12.1 Å². The maximum absolute atomic E-state index is 12.1. The molecule has 0 unspecified atom stereocenters. The zero-order chi connectivity index (χ0) is 17.1. The Morgan fingerprint density at radius 1 is 1.36 bits per heavy atom. The summed E-state index contributed by atoms with van der Waals surface area (Å²) in [5.41, 5.74) is 2.40. The summed E-state index contributed by atoms with van der Waals surface area (Å²) in [4.78, 5) is 18.7. The number of ether oxygens (including phenoxy) is 1. The van der Waals surface area contributed by atoms with Crippen LogP contribution in [0, 0.1) is 5.92 Å². The van der Waals surface area contributed by atoms with Crippen molar-refractivity contribution in [3.05, 3.63) is 52.5 Å². The monoisotopic (exact) mass is 357 g/mol. The first-order valence-corrected chi connectivity index (χ1v) is 9.75. The van der Waals surface area contributed by atoms with Crippen LogP contribution in [0.3, 0.4) is 0 Å². The van der Waals surface area contributed by atoms with Crippen LogP contribution < -0.4 is 5.32 Å². The fourth-order valence-electron chi connectivity index (χ4n) is 3.83. The van der Waals surface area contributed by atoms with Crippen molar-refractivity contribution in [1.82, 2.24) is 15.2 Å². The highest BCUT2D eigenvalue weighted by atomic mass is 32.1. The molecule has 132 valence electrons. The first kappa shape index (κ1) is 16.7. The summed E-state index contributed by atoms with van der Waals surface area (Å²) in [7, 11) is 0. The van der Waals surface area contributed by atoms with E-state index in [1.165, 1.54) is 5.56 Å². The molecule has 5 nitrogen and oxygen atoms in total. The Kier molecular flexibility index (Phi) is 5.10. The molecule has 2 saturated heterocycles. The minimum Gasteiger partial charge on any atom is -0.373 e. The normalized spacial score (nSPS) is 25.8. The van der Waals surface area contributed by atoms with Gasteiger partial charge in [0.2, 0.25) is 5.91 Å². The average Bonchev–Trinajstić information content (AvgIpc) is 3.31. The van der Waals surface area contributed by atoms with Crippen LogP contribution in [0.1, 0.15) is 24.0 Å². The standard InChI is InChI=1S/C19H23N3O2S/c23-19(21-9-14-2-1-4-20-8-14)7-17-6-16-11-22(12-18(16)24-17)10-15-3-5-25-13-15/h1-5,8,13,16-18H,6-7,9-12H2,(H,21,23)/t16-,17+,18+/m0/s1. The molecule has 2 fully saturated rings. The van der Waals surface area contributed by atoms with Gasteiger partial charge in [0, 0.05) is 44.5 Å². The molecule has 0 aliphatic carbocycles. The minimum absolute atomic E-state index is 0.0592. The third kappa shape index (κ3) is 4.26. The molecule has 0 aromatic carbocycles. The SMILES string of the molecule is O=C(C[C@H]1C[C@H]2CN(Cc3ccsc3)C[C@H]2O1)NCc1cccnc1. The third-order valence-corrected chi connectivity index (χ3v) is 5.73. The van der Waals surface area contributed by atoms with Gasteiger partial charge in [-0.25, -0.2) is 0 Å². The Morgan fingerprint density at radius 3 is 3.08 bits per heavy atom. The van der Waals surface area contributed by atoms with Crippen molar-refractivity contribution in [2.45, 2.75) is 38.1 Å². The Bertz CT molecular complexity index is 678. The lowest BCUT2D eigenvalue weighted by Gasteiger charge is -2.18. The van der Waals surface area contributed by atoms with Crippen LogP contribution in [-0.2, 0) is 22.6 Å². The van der Waals surface area contributed by atoms with Crippen molar-refractivity contribution in [2.75, 3.05) is 13.1 Å². The maximum Gasteiger partial charge on any atom is 0.222 e. The van der Waals surface area contributed by atoms with Crippen molar-refractivity contribution in [3.63, 3.8) is 0 Å². The average molecular weight is 357 g/mol. The van der Waals surface area contributed by atoms with Crippen molar-refractivity contribution >= 4 is 17.2 Å². The van der Waals surface area contributed by atoms with E-state index in [9.17, 15) is 4.79 Å². The molecular formula is C19H23N3O2S. The molecule has 25 heavy (non-hydrogen) atoms. The molecule has 0 spiro atoms. The smallest absolute Gasteiger partial charge is 0.222 e. The number of hydrogen-bond acceptors (Lipinski definition) is 5. The van der Waals surface area contributed by atoms with Gasteiger partial charge in [-0.15, -0.1) is 0 Å². The van der Waals surface area contributed by atoms with Crippen LogP contribution in [0.15, 0.2) is 41.4 Å². The van der Waals surface area contributed by atoms with Crippen molar-refractivity contribution in [1.29, 1.82) is 0 Å². The number of nitrogens with one attached hydrogen (secondary N) is 1. The van der Waals surface area contributed by atoms with Gasteiger partial charge >= 0.3 is 0 Å². The Balaban J connectivity index is 1.20. The van der Waals surface area contributed by atoms with Crippen LogP contribution in [0.4, 0.5) is 0 Å². The van der Waals surface area contributed by atoms with Crippen LogP contribution in [0.5, 0.6) is 0 Å². The molecule has 1 amide bonds. The number of amides is 1. The van der Waals surface area contributed by atoms with Gasteiger partial charge in [0.1, 0.15) is 0 Å². The summed E-state index contributed by atoms with van der Waals surface area (Å²) >= 11 is 1.75. The third-order valence-electron chi connectivity index (χ3n) is 5.00. The van der Waals surface area contributed by atoms with E-state index in [4.69, 9.17) is 4.74 Å². The molecular weight excluding hydrogens is 334 g/mol. The van der Waals surface area contributed by atoms with Crippen LogP contribution in [-0.4, -0.2) is 41.1 Å². The largest absolute Gasteiger partial charge is 0.373 e. The lowest BCUT2D eigenvalue weighted by molar-refractivity contribution is -0.124. The van der Waals surface area contributed by atoms with E-state index in [0.717, 1.165) is 31.6 Å². The van der Waals surface area contributed by atoms with Gasteiger partial charge in [0.15, 0.2) is 0 Å². The number of thiophene rings is 1. The van der Waals surface area contributed by atoms with E-state index < -0.39 is 0 Å². The molecule has 1 N–H and O–H groups in total. The molecule has 4 heterocycles. The molecule has 2 aromatic heterocycles. The molecule has 3 atom stereocenters. The fourth-order valence-corrected chi connectivity index (χ4v) is 4.49. The van der Waals surface area contributed by atoms with E-state index in [0.29, 0.717) is 18.9 Å². The van der Waals surface area contributed by atoms with Crippen molar-refractivity contribution in [3.8, 4) is 0 Å². The van der Waals surface area contributed by atoms with E-state index in [-0.39, 0.29) is 18.1 Å². The van der Waals surface area contributed by atoms with E-state index in [1.54, 1.807) is 23.7 Å². The Hall–Kier alpha value is -1.76. The quantitative estimate of drug-likeness (QED) is 0.863. The Labute approximate surface area is 152 Å². The first-order valence-electron chi connectivity index (χ1n) is 8.81. The number of fused-ring (bicyclic) bond motifs is 1. The summed E-state index contributed by atoms with van der Waals surface area (Å²) in [5.74, 6) is 0.624. The predicted molar refractivity (Wildman–Crippen MR) is 97.1 cm³/mol. The van der Waals surface area contributed by atoms with Crippen LogP contribution in [0.2, 0.25) is 0 Å². The lowest BCUT2D eigenvalue weighted by atomic mass is 10.0. The summed E-state index contributed by atoms with van der Waals surface area (Å²) in [6.45, 7) is 3.60.